The van der Waals surface area contributed by atoms with E-state index >= 15 is 0 Å². The van der Waals surface area contributed by atoms with Gasteiger partial charge >= 0.3 is 6.09 Å². The smallest absolute Gasteiger partial charge is 0.410 e. The van der Waals surface area contributed by atoms with Crippen molar-refractivity contribution in [2.24, 2.45) is 10.2 Å². The molecule has 3 N–H and O–H groups in total. The van der Waals surface area contributed by atoms with Crippen molar-refractivity contribution in [3.05, 3.63) is 52.7 Å². The number of benzene rings is 1. The lowest BCUT2D eigenvalue weighted by atomic mass is 9.96. The predicted octanol–water partition coefficient (Wildman–Crippen LogP) is 3.31. The minimum atomic E-state index is -1.10. The average molecular weight is 512 g/mol. The van der Waals surface area contributed by atoms with Gasteiger partial charge in [0.15, 0.2) is 0 Å². The summed E-state index contributed by atoms with van der Waals surface area (Å²) in [4.78, 5) is 27.2. The first-order chi connectivity index (χ1) is 17.7. The van der Waals surface area contributed by atoms with Crippen LogP contribution in [0.15, 0.2) is 46.3 Å². The van der Waals surface area contributed by atoms with Gasteiger partial charge in [-0.25, -0.2) is 4.79 Å². The number of fused-ring (bicyclic) bond motifs is 1. The van der Waals surface area contributed by atoms with E-state index in [-0.39, 0.29) is 12.5 Å². The molecule has 0 spiro atoms. The maximum Gasteiger partial charge on any atom is 0.410 e. The number of allylic oxidation sites excluding steroid dienone is 3. The van der Waals surface area contributed by atoms with Gasteiger partial charge in [-0.1, -0.05) is 19.4 Å². The topological polar surface area (TPSA) is 125 Å². The zero-order valence-corrected chi connectivity index (χ0v) is 22.0. The Morgan fingerprint density at radius 3 is 2.84 bits per heavy atom. The Bertz CT molecular complexity index is 1090. The van der Waals surface area contributed by atoms with E-state index < -0.39 is 17.9 Å². The van der Waals surface area contributed by atoms with Crippen LogP contribution in [0.3, 0.4) is 0 Å². The molecule has 0 radical (unpaired) electrons. The second-order valence-electron chi connectivity index (χ2n) is 9.65. The lowest BCUT2D eigenvalue weighted by molar-refractivity contribution is -0.00487. The number of carbonyl (C=O) groups is 2. The van der Waals surface area contributed by atoms with E-state index in [2.05, 4.69) is 27.8 Å². The Hall–Kier alpha value is -3.66. The molecule has 0 saturated carbocycles. The molecule has 0 bridgehead atoms. The van der Waals surface area contributed by atoms with Crippen LogP contribution in [0.1, 0.15) is 61.5 Å². The van der Waals surface area contributed by atoms with Crippen molar-refractivity contribution < 1.29 is 24.2 Å². The van der Waals surface area contributed by atoms with Crippen LogP contribution in [0.4, 0.5) is 4.79 Å². The Kier molecular flexibility index (Phi) is 9.85. The van der Waals surface area contributed by atoms with Crippen LogP contribution in [0.25, 0.3) is 0 Å². The van der Waals surface area contributed by atoms with Crippen LogP contribution in [0.2, 0.25) is 0 Å². The van der Waals surface area contributed by atoms with Gasteiger partial charge in [0, 0.05) is 19.3 Å². The van der Waals surface area contributed by atoms with Gasteiger partial charge in [-0.15, -0.1) is 0 Å². The molecule has 10 nitrogen and oxygen atoms in total. The molecule has 200 valence electrons. The lowest BCUT2D eigenvalue weighted by Gasteiger charge is -2.30. The summed E-state index contributed by atoms with van der Waals surface area (Å²) in [6.45, 7) is 5.96. The van der Waals surface area contributed by atoms with E-state index in [0.717, 1.165) is 36.1 Å². The van der Waals surface area contributed by atoms with Gasteiger partial charge < -0.3 is 30.1 Å². The Morgan fingerprint density at radius 2 is 2.11 bits per heavy atom. The van der Waals surface area contributed by atoms with Crippen LogP contribution in [0, 0.1) is 0 Å². The van der Waals surface area contributed by atoms with Gasteiger partial charge in [0.05, 0.1) is 30.2 Å². The van der Waals surface area contributed by atoms with E-state index in [1.807, 2.05) is 24.3 Å². The van der Waals surface area contributed by atoms with Crippen LogP contribution in [-0.4, -0.2) is 66.5 Å². The zero-order chi connectivity index (χ0) is 26.8. The third-order valence-electron chi connectivity index (χ3n) is 5.81. The number of ether oxygens (including phenoxy) is 2. The first-order valence-electron chi connectivity index (χ1n) is 12.5. The summed E-state index contributed by atoms with van der Waals surface area (Å²) in [5.41, 5.74) is 1.84. The van der Waals surface area contributed by atoms with Crippen LogP contribution < -0.4 is 15.4 Å². The summed E-state index contributed by atoms with van der Waals surface area (Å²) < 4.78 is 10.7. The normalized spacial score (nSPS) is 17.4. The summed E-state index contributed by atoms with van der Waals surface area (Å²) in [6.07, 6.45) is 11.6. The highest BCUT2D eigenvalue weighted by Crippen LogP contribution is 2.28. The molecule has 2 aliphatic heterocycles. The molecular weight excluding hydrogens is 474 g/mol. The molecule has 2 aliphatic rings. The Morgan fingerprint density at radius 1 is 1.30 bits per heavy atom. The number of unbranched alkanes of at least 4 members (excludes halogenated alkanes) is 2. The molecule has 1 unspecified atom stereocenters. The number of nitrogens with zero attached hydrogens (tertiary/aromatic N) is 3. The number of hydrogen-bond donors (Lipinski definition) is 3. The minimum Gasteiger partial charge on any atom is -0.496 e. The number of hydrogen-bond acceptors (Lipinski definition) is 8. The maximum absolute atomic E-state index is 13.2. The predicted molar refractivity (Wildman–Crippen MR) is 143 cm³/mol. The molecule has 10 heteroatoms. The molecule has 0 fully saturated rings. The molecule has 37 heavy (non-hydrogen) atoms. The summed E-state index contributed by atoms with van der Waals surface area (Å²) >= 11 is 0. The maximum atomic E-state index is 13.2. The molecule has 2 amide bonds. The quantitative estimate of drug-likeness (QED) is 0.251. The van der Waals surface area contributed by atoms with E-state index in [1.54, 1.807) is 37.2 Å². The fraction of sp³-hybridized carbons (Fsp3) is 0.481. The second-order valence-corrected chi connectivity index (χ2v) is 9.65. The lowest BCUT2D eigenvalue weighted by Crippen LogP contribution is -2.45. The highest BCUT2D eigenvalue weighted by atomic mass is 16.6. The largest absolute Gasteiger partial charge is 0.496 e. The summed E-state index contributed by atoms with van der Waals surface area (Å²) in [6, 6.07) is 3.61. The van der Waals surface area contributed by atoms with Crippen molar-refractivity contribution >= 4 is 24.4 Å². The van der Waals surface area contributed by atoms with Crippen molar-refractivity contribution in [2.45, 2.75) is 64.8 Å². The molecule has 3 rings (SSSR count). The van der Waals surface area contributed by atoms with Crippen molar-refractivity contribution in [3.63, 3.8) is 0 Å². The molecule has 1 aromatic carbocycles. The van der Waals surface area contributed by atoms with Crippen molar-refractivity contribution in [3.8, 4) is 5.75 Å². The Labute approximate surface area is 218 Å². The number of carbonyl (C=O) groups excluding carboxylic acids is 2. The van der Waals surface area contributed by atoms with Gasteiger partial charge in [-0.3, -0.25) is 4.79 Å². The second kappa shape index (κ2) is 13.0. The number of nitrogens with one attached hydrogen (secondary N) is 2. The minimum absolute atomic E-state index is 0.0975. The number of dihydropyridines is 1. The summed E-state index contributed by atoms with van der Waals surface area (Å²) in [7, 11) is 1.53. The first-order valence-corrected chi connectivity index (χ1v) is 12.5. The average Bonchev–Trinajstić information content (AvgIpc) is 2.88. The number of aliphatic hydroxyl groups is 1. The molecule has 0 aromatic heterocycles. The van der Waals surface area contributed by atoms with Crippen LogP contribution >= 0.6 is 0 Å². The molecule has 1 atom stereocenters. The van der Waals surface area contributed by atoms with E-state index in [4.69, 9.17) is 9.47 Å². The summed E-state index contributed by atoms with van der Waals surface area (Å²) in [5, 5.41) is 24.0. The van der Waals surface area contributed by atoms with Gasteiger partial charge in [0.2, 0.25) is 0 Å². The van der Waals surface area contributed by atoms with Gasteiger partial charge in [-0.2, -0.15) is 10.2 Å². The molecular formula is C27H37N5O5. The standard InChI is InChI=1S/C27H37N5O5/c1-5-6-7-12-28-29-16-21-9-8-10-24(30-21)31-25(33)22-14-20-17-32(26(34)37-18-27(2,3)35)13-11-19(20)15-23(22)36-4/h8-10,12,14-16,24,30,35H,5-7,11,13,17-18H2,1-4H3,(H,31,33)/b28-12+,29-16+. The molecule has 2 heterocycles. The number of amides is 2. The van der Waals surface area contributed by atoms with Crippen molar-refractivity contribution in [2.75, 3.05) is 20.3 Å². The number of rotatable bonds is 10. The third-order valence-corrected chi connectivity index (χ3v) is 5.81. The van der Waals surface area contributed by atoms with Crippen LogP contribution in [-0.2, 0) is 17.7 Å². The molecule has 0 saturated heterocycles. The third kappa shape index (κ3) is 8.45. The highest BCUT2D eigenvalue weighted by molar-refractivity contribution is 5.97. The van der Waals surface area contributed by atoms with Gasteiger partial charge in [0.25, 0.3) is 5.91 Å². The van der Waals surface area contributed by atoms with Crippen molar-refractivity contribution in [1.82, 2.24) is 15.5 Å². The van der Waals surface area contributed by atoms with Crippen molar-refractivity contribution in [1.29, 1.82) is 0 Å². The fourth-order valence-electron chi connectivity index (χ4n) is 3.84. The fourth-order valence-corrected chi connectivity index (χ4v) is 3.84. The molecule has 1 aromatic rings. The van der Waals surface area contributed by atoms with E-state index in [1.165, 1.54) is 7.11 Å². The monoisotopic (exact) mass is 511 g/mol. The molecule has 0 aliphatic carbocycles. The zero-order valence-electron chi connectivity index (χ0n) is 22.0. The highest BCUT2D eigenvalue weighted by Gasteiger charge is 2.27. The van der Waals surface area contributed by atoms with Gasteiger partial charge in [-0.05, 0) is 68.5 Å². The number of methoxy groups -OCH3 is 1. The SMILES string of the molecule is CCCC/C=N/N=C/C1=CC=CC(NC(=O)c2cc3c(cc2OC)CCN(C(=O)OCC(C)(C)O)C3)N1. The van der Waals surface area contributed by atoms with E-state index in [9.17, 15) is 14.7 Å². The first kappa shape index (κ1) is 27.9. The van der Waals surface area contributed by atoms with Gasteiger partial charge in [0.1, 0.15) is 18.5 Å². The van der Waals surface area contributed by atoms with E-state index in [0.29, 0.717) is 30.8 Å². The Balaban J connectivity index is 1.64. The van der Waals surface area contributed by atoms with Crippen LogP contribution in [0.5, 0.6) is 5.75 Å². The summed E-state index contributed by atoms with van der Waals surface area (Å²) in [5.74, 6) is 0.146.